The lowest BCUT2D eigenvalue weighted by Crippen LogP contribution is -2.68. The number of hydrogen-bond donors (Lipinski definition) is 1. The second-order valence-corrected chi connectivity index (χ2v) is 8.31. The van der Waals surface area contributed by atoms with E-state index in [4.69, 9.17) is 10.5 Å². The number of esters is 1. The molecule has 0 saturated carbocycles. The Balaban J connectivity index is 1.53. The maximum absolute atomic E-state index is 12.4. The Kier molecular flexibility index (Phi) is 4.38. The number of β-lactam (4-membered cyclic amide) rings is 1. The highest BCUT2D eigenvalue weighted by Gasteiger charge is 2.63. The minimum Gasteiger partial charge on any atom is -0.464 e. The van der Waals surface area contributed by atoms with Crippen LogP contribution in [-0.4, -0.2) is 45.6 Å². The van der Waals surface area contributed by atoms with Crippen LogP contribution >= 0.6 is 11.8 Å². The molecule has 2 aliphatic rings. The summed E-state index contributed by atoms with van der Waals surface area (Å²) >= 11 is 1.58. The molecule has 1 aromatic rings. The highest BCUT2D eigenvalue weighted by Crippen LogP contribution is 2.50. The number of rotatable bonds is 5. The van der Waals surface area contributed by atoms with E-state index in [1.165, 1.54) is 5.56 Å². The van der Waals surface area contributed by atoms with Crippen LogP contribution < -0.4 is 5.73 Å². The van der Waals surface area contributed by atoms with E-state index in [0.717, 1.165) is 12.8 Å². The highest BCUT2D eigenvalue weighted by molar-refractivity contribution is 8.01. The number of carbonyl (C=O) groups excluding carboxylic acids is 2. The van der Waals surface area contributed by atoms with Crippen molar-refractivity contribution < 1.29 is 14.3 Å². The van der Waals surface area contributed by atoms with Gasteiger partial charge in [-0.05, 0) is 32.3 Å². The average Bonchev–Trinajstić information content (AvgIpc) is 2.80. The number of thioether (sulfide) groups is 1. The molecule has 0 bridgehead atoms. The summed E-state index contributed by atoms with van der Waals surface area (Å²) in [7, 11) is 0. The number of amides is 1. The summed E-state index contributed by atoms with van der Waals surface area (Å²) in [6, 6.07) is 9.06. The van der Waals surface area contributed by atoms with E-state index >= 15 is 0 Å². The first-order chi connectivity index (χ1) is 10.9. The highest BCUT2D eigenvalue weighted by atomic mass is 32.2. The number of ether oxygens (including phenoxy) is 1. The number of fused-ring (bicyclic) bond motifs is 1. The van der Waals surface area contributed by atoms with Crippen LogP contribution in [0, 0.1) is 0 Å². The maximum atomic E-state index is 12.4. The Labute approximate surface area is 140 Å². The predicted octanol–water partition coefficient (Wildman–Crippen LogP) is 1.55. The Morgan fingerprint density at radius 1 is 1.35 bits per heavy atom. The molecule has 0 radical (unpaired) electrons. The van der Waals surface area contributed by atoms with Crippen LogP contribution in [0.15, 0.2) is 30.3 Å². The van der Waals surface area contributed by atoms with Gasteiger partial charge in [0.15, 0.2) is 0 Å². The second-order valence-electron chi connectivity index (χ2n) is 6.54. The van der Waals surface area contributed by atoms with Crippen LogP contribution in [0.1, 0.15) is 25.8 Å². The summed E-state index contributed by atoms with van der Waals surface area (Å²) in [4.78, 5) is 26.0. The van der Waals surface area contributed by atoms with Gasteiger partial charge < -0.3 is 15.4 Å². The molecular weight excluding hydrogens is 312 g/mol. The lowest BCUT2D eigenvalue weighted by atomic mass is 9.96. The van der Waals surface area contributed by atoms with E-state index in [1.54, 1.807) is 16.7 Å². The molecule has 2 saturated heterocycles. The zero-order chi connectivity index (χ0) is 16.6. The molecule has 1 amide bonds. The van der Waals surface area contributed by atoms with Gasteiger partial charge in [0.05, 0.1) is 6.61 Å². The predicted molar refractivity (Wildman–Crippen MR) is 89.8 cm³/mol. The fourth-order valence-corrected chi connectivity index (χ4v) is 4.76. The van der Waals surface area contributed by atoms with E-state index in [9.17, 15) is 9.59 Å². The van der Waals surface area contributed by atoms with Gasteiger partial charge in [-0.15, -0.1) is 11.8 Å². The third-order valence-corrected chi connectivity index (χ3v) is 5.99. The topological polar surface area (TPSA) is 72.6 Å². The van der Waals surface area contributed by atoms with Gasteiger partial charge >= 0.3 is 5.97 Å². The van der Waals surface area contributed by atoms with Gasteiger partial charge in [-0.25, -0.2) is 4.79 Å². The number of aryl methyl sites for hydroxylation is 1. The zero-order valence-electron chi connectivity index (χ0n) is 13.4. The van der Waals surface area contributed by atoms with Gasteiger partial charge in [-0.3, -0.25) is 4.79 Å². The molecule has 5 nitrogen and oxygen atoms in total. The molecule has 124 valence electrons. The summed E-state index contributed by atoms with van der Waals surface area (Å²) in [5, 5.41) is -0.0978. The van der Waals surface area contributed by atoms with E-state index in [0.29, 0.717) is 6.61 Å². The fraction of sp³-hybridized carbons (Fsp3) is 0.529. The summed E-state index contributed by atoms with van der Waals surface area (Å²) in [5.74, 6) is -0.474. The molecule has 6 heteroatoms. The van der Waals surface area contributed by atoms with E-state index < -0.39 is 12.1 Å². The van der Waals surface area contributed by atoms with Crippen LogP contribution in [0.2, 0.25) is 0 Å². The van der Waals surface area contributed by atoms with E-state index in [1.807, 2.05) is 32.0 Å². The molecule has 2 aliphatic heterocycles. The van der Waals surface area contributed by atoms with Crippen LogP contribution in [0.4, 0.5) is 0 Å². The van der Waals surface area contributed by atoms with Crippen molar-refractivity contribution in [1.82, 2.24) is 4.90 Å². The number of nitrogens with two attached hydrogens (primary N) is 1. The molecule has 2 N–H and O–H groups in total. The van der Waals surface area contributed by atoms with Crippen molar-refractivity contribution in [2.75, 3.05) is 6.61 Å². The normalized spacial score (nSPS) is 28.2. The first-order valence-electron chi connectivity index (χ1n) is 7.88. The summed E-state index contributed by atoms with van der Waals surface area (Å²) in [6.07, 6.45) is 1.64. The molecule has 2 fully saturated rings. The largest absolute Gasteiger partial charge is 0.464 e. The van der Waals surface area contributed by atoms with Gasteiger partial charge in [0.1, 0.15) is 17.5 Å². The van der Waals surface area contributed by atoms with Crippen molar-refractivity contribution in [3.8, 4) is 0 Å². The zero-order valence-corrected chi connectivity index (χ0v) is 14.2. The van der Waals surface area contributed by atoms with Crippen molar-refractivity contribution in [3.05, 3.63) is 35.9 Å². The van der Waals surface area contributed by atoms with Crippen LogP contribution in [0.5, 0.6) is 0 Å². The van der Waals surface area contributed by atoms with Crippen LogP contribution in [-0.2, 0) is 20.7 Å². The van der Waals surface area contributed by atoms with E-state index in [2.05, 4.69) is 12.1 Å². The smallest absolute Gasteiger partial charge is 0.330 e. The third-order valence-electron chi connectivity index (χ3n) is 4.40. The molecule has 0 aromatic heterocycles. The average molecular weight is 334 g/mol. The quantitative estimate of drug-likeness (QED) is 0.502. The second kappa shape index (κ2) is 6.17. The lowest BCUT2D eigenvalue weighted by molar-refractivity contribution is -0.162. The summed E-state index contributed by atoms with van der Waals surface area (Å²) in [6.45, 7) is 4.29. The number of hydrogen-bond acceptors (Lipinski definition) is 5. The van der Waals surface area contributed by atoms with Gasteiger partial charge in [0.25, 0.3) is 0 Å². The molecule has 0 aliphatic carbocycles. The molecule has 0 unspecified atom stereocenters. The third kappa shape index (κ3) is 2.97. The van der Waals surface area contributed by atoms with Crippen molar-refractivity contribution in [2.24, 2.45) is 5.73 Å². The Hall–Kier alpha value is -1.53. The summed E-state index contributed by atoms with van der Waals surface area (Å²) in [5.41, 5.74) is 7.04. The van der Waals surface area contributed by atoms with Crippen molar-refractivity contribution in [2.45, 2.75) is 48.9 Å². The molecule has 23 heavy (non-hydrogen) atoms. The van der Waals surface area contributed by atoms with Gasteiger partial charge in [-0.1, -0.05) is 30.3 Å². The molecule has 2 heterocycles. The monoisotopic (exact) mass is 334 g/mol. The molecule has 3 atom stereocenters. The Morgan fingerprint density at radius 3 is 2.74 bits per heavy atom. The number of nitrogens with zero attached hydrogens (tertiary/aromatic N) is 1. The van der Waals surface area contributed by atoms with Gasteiger partial charge in [-0.2, -0.15) is 0 Å². The Bertz CT molecular complexity index is 605. The molecule has 0 spiro atoms. The first-order valence-corrected chi connectivity index (χ1v) is 8.76. The molecule has 1 aromatic carbocycles. The Morgan fingerprint density at radius 2 is 2.04 bits per heavy atom. The summed E-state index contributed by atoms with van der Waals surface area (Å²) < 4.78 is 5.06. The SMILES string of the molecule is CC1(C)S[C@@H]2[C@H](N)C(=O)N2[C@H]1C(=O)OCCCc1ccccc1. The van der Waals surface area contributed by atoms with E-state index in [-0.39, 0.29) is 22.0 Å². The van der Waals surface area contributed by atoms with Crippen molar-refractivity contribution in [3.63, 3.8) is 0 Å². The maximum Gasteiger partial charge on any atom is 0.330 e. The standard InChI is InChI=1S/C17H22N2O3S/c1-17(2)13(19-14(20)12(18)15(19)23-17)16(21)22-10-6-9-11-7-4-3-5-8-11/h3-5,7-8,12-13,15H,6,9-10,18H2,1-2H3/t12-,13+,15-/m1/s1. The first kappa shape index (κ1) is 16.3. The fourth-order valence-electron chi connectivity index (χ4n) is 3.20. The molecular formula is C17H22N2O3S. The number of carbonyl (C=O) groups is 2. The minimum absolute atomic E-state index is 0.0978. The van der Waals surface area contributed by atoms with Crippen molar-refractivity contribution in [1.29, 1.82) is 0 Å². The minimum atomic E-state index is -0.540. The van der Waals surface area contributed by atoms with Gasteiger partial charge in [0.2, 0.25) is 5.91 Å². The number of benzene rings is 1. The van der Waals surface area contributed by atoms with Gasteiger partial charge in [0, 0.05) is 4.75 Å². The molecule has 3 rings (SSSR count). The van der Waals surface area contributed by atoms with Crippen LogP contribution in [0.3, 0.4) is 0 Å². The van der Waals surface area contributed by atoms with Crippen molar-refractivity contribution >= 4 is 23.6 Å². The van der Waals surface area contributed by atoms with Crippen LogP contribution in [0.25, 0.3) is 0 Å². The lowest BCUT2D eigenvalue weighted by Gasteiger charge is -2.41.